The molecule has 8 heteroatoms. The van der Waals surface area contributed by atoms with Crippen LogP contribution in [0.2, 0.25) is 0 Å². The molecule has 3 N–H and O–H groups in total. The van der Waals surface area contributed by atoms with Crippen molar-refractivity contribution in [3.05, 3.63) is 0 Å². The van der Waals surface area contributed by atoms with E-state index in [0.29, 0.717) is 6.54 Å². The fourth-order valence-corrected chi connectivity index (χ4v) is 0.641. The zero-order valence-corrected chi connectivity index (χ0v) is 9.69. The van der Waals surface area contributed by atoms with E-state index in [1.54, 1.807) is 6.92 Å². The van der Waals surface area contributed by atoms with Gasteiger partial charge in [0.05, 0.1) is 0 Å². The maximum atomic E-state index is 10.3. The molecule has 0 rings (SSSR count). The van der Waals surface area contributed by atoms with Gasteiger partial charge in [0.25, 0.3) is 0 Å². The molecule has 1 atom stereocenters. The number of hydrogen-bond donors (Lipinski definition) is 3. The maximum Gasteiger partial charge on any atom is 0.373 e. The van der Waals surface area contributed by atoms with Gasteiger partial charge in [-0.25, -0.2) is 0 Å². The fraction of sp³-hybridized carbons (Fsp3) is 0.667. The summed E-state index contributed by atoms with van der Waals surface area (Å²) in [5.41, 5.74) is 0. The number of likely N-dealkylation sites (N-methyl/N-ethyl adjacent to an activating group) is 1. The maximum absolute atomic E-state index is 10.3. The zero-order chi connectivity index (χ0) is 14.1. The average molecular weight is 248 g/mol. The van der Waals surface area contributed by atoms with Gasteiger partial charge in [0.2, 0.25) is 0 Å². The molecule has 17 heavy (non-hydrogen) atoms. The molecule has 0 bridgehead atoms. The molecule has 0 heterocycles. The van der Waals surface area contributed by atoms with Crippen LogP contribution in [-0.4, -0.2) is 49.1 Å². The van der Waals surface area contributed by atoms with E-state index in [1.807, 2.05) is 6.92 Å². The number of carboxylic acids is 1. The van der Waals surface area contributed by atoms with Crippen LogP contribution >= 0.6 is 0 Å². The second-order valence-corrected chi connectivity index (χ2v) is 2.53. The summed E-state index contributed by atoms with van der Waals surface area (Å²) in [5, 5.41) is 14.4. The molecule has 0 aliphatic carbocycles. The van der Waals surface area contributed by atoms with Crippen LogP contribution in [0.25, 0.3) is 0 Å². The zero-order valence-electron chi connectivity index (χ0n) is 9.69. The molecule has 0 aromatic carbocycles. The van der Waals surface area contributed by atoms with Gasteiger partial charge in [0, 0.05) is 13.1 Å². The fourth-order valence-electron chi connectivity index (χ4n) is 0.641. The molecule has 0 radical (unpaired) electrons. The van der Waals surface area contributed by atoms with E-state index < -0.39 is 12.0 Å². The molecule has 98 valence electrons. The summed E-state index contributed by atoms with van der Waals surface area (Å²) in [5.74, 6) is -0.804. The van der Waals surface area contributed by atoms with E-state index in [0.717, 1.165) is 13.1 Å². The summed E-state index contributed by atoms with van der Waals surface area (Å²) in [6, 6.07) is -0.450. The van der Waals surface area contributed by atoms with Crippen molar-refractivity contribution in [1.82, 2.24) is 10.6 Å². The Morgan fingerprint density at radius 2 is 1.59 bits per heavy atom. The molecule has 8 nitrogen and oxygen atoms in total. The van der Waals surface area contributed by atoms with Crippen molar-refractivity contribution < 1.29 is 29.1 Å². The van der Waals surface area contributed by atoms with Crippen molar-refractivity contribution in [3.63, 3.8) is 0 Å². The first-order chi connectivity index (χ1) is 8.01. The van der Waals surface area contributed by atoms with Crippen LogP contribution in [0, 0.1) is 0 Å². The van der Waals surface area contributed by atoms with Crippen molar-refractivity contribution in [2.75, 3.05) is 19.6 Å². The molecule has 0 aromatic heterocycles. The summed E-state index contributed by atoms with van der Waals surface area (Å²) in [4.78, 5) is 42.8. The Morgan fingerprint density at radius 1 is 1.18 bits per heavy atom. The lowest BCUT2D eigenvalue weighted by atomic mass is 10.3. The van der Waals surface area contributed by atoms with Crippen LogP contribution in [0.15, 0.2) is 0 Å². The first-order valence-electron chi connectivity index (χ1n) is 4.67. The van der Waals surface area contributed by atoms with E-state index in [4.69, 9.17) is 24.3 Å². The van der Waals surface area contributed by atoms with E-state index >= 15 is 0 Å². The average Bonchev–Trinajstić information content (AvgIpc) is 2.26. The lowest BCUT2D eigenvalue weighted by Crippen LogP contribution is -2.38. The lowest BCUT2D eigenvalue weighted by molar-refractivity contribution is -0.193. The van der Waals surface area contributed by atoms with E-state index in [2.05, 4.69) is 10.6 Å². The monoisotopic (exact) mass is 248 g/mol. The van der Waals surface area contributed by atoms with Gasteiger partial charge >= 0.3 is 18.3 Å². The lowest BCUT2D eigenvalue weighted by Gasteiger charge is -2.08. The van der Waals surface area contributed by atoms with Crippen LogP contribution in [0.3, 0.4) is 0 Å². The minimum Gasteiger partial charge on any atom is -0.480 e. The summed E-state index contributed by atoms with van der Waals surface area (Å²) < 4.78 is 0. The Bertz CT molecular complexity index is 232. The van der Waals surface area contributed by atoms with Gasteiger partial charge in [0.15, 0.2) is 0 Å². The van der Waals surface area contributed by atoms with Gasteiger partial charge < -0.3 is 15.7 Å². The number of rotatable bonds is 6. The number of carboxylic acid groups (broad SMARTS) is 1. The Labute approximate surface area is 98.4 Å². The predicted molar refractivity (Wildman–Crippen MR) is 53.7 cm³/mol. The molecule has 0 aliphatic rings. The number of carbonyl (C=O) groups excluding carboxylic acids is 4. The number of aliphatic carboxylic acids is 1. The van der Waals surface area contributed by atoms with Crippen molar-refractivity contribution >= 4 is 18.3 Å². The van der Waals surface area contributed by atoms with Gasteiger partial charge in [-0.05, 0) is 13.5 Å². The number of hydrogen-bond acceptors (Lipinski definition) is 7. The second kappa shape index (κ2) is 19.7. The first kappa shape index (κ1) is 20.5. The third-order valence-corrected chi connectivity index (χ3v) is 1.37. The van der Waals surface area contributed by atoms with Crippen LogP contribution in [0.5, 0.6) is 0 Å². The smallest absolute Gasteiger partial charge is 0.373 e. The number of nitrogens with one attached hydrogen (secondary N) is 2. The minimum atomic E-state index is -0.804. The molecule has 0 spiro atoms. The van der Waals surface area contributed by atoms with Gasteiger partial charge in [0.1, 0.15) is 6.04 Å². The normalized spacial score (nSPS) is 9.29. The van der Waals surface area contributed by atoms with Crippen LogP contribution in [0.4, 0.5) is 0 Å². The molecule has 0 aromatic rings. The standard InChI is InChI=1S/C7H16N2O2.2CO2/c1-3-8-4-5-9-6(2)7(10)11;2*2-1-3/h6,8-9H,3-5H2,1-2H3,(H,10,11);;/t6-;;/m0../s1. The highest BCUT2D eigenvalue weighted by Gasteiger charge is 2.07. The summed E-state index contributed by atoms with van der Waals surface area (Å²) in [6.07, 6.45) is 0.500. The molecular formula is C9H16N2O6. The van der Waals surface area contributed by atoms with Gasteiger partial charge in [-0.3, -0.25) is 4.79 Å². The highest BCUT2D eigenvalue weighted by atomic mass is 16.4. The van der Waals surface area contributed by atoms with E-state index in [9.17, 15) is 4.79 Å². The van der Waals surface area contributed by atoms with Crippen molar-refractivity contribution in [2.24, 2.45) is 0 Å². The Kier molecular flexibility index (Phi) is 23.8. The Balaban J connectivity index is -0.000000273. The highest BCUT2D eigenvalue weighted by molar-refractivity contribution is 5.72. The molecule has 0 saturated heterocycles. The molecule has 0 fully saturated rings. The third-order valence-electron chi connectivity index (χ3n) is 1.37. The number of carbonyl (C=O) groups is 1. The van der Waals surface area contributed by atoms with Crippen molar-refractivity contribution in [2.45, 2.75) is 19.9 Å². The van der Waals surface area contributed by atoms with Gasteiger partial charge in [-0.2, -0.15) is 19.2 Å². The van der Waals surface area contributed by atoms with E-state index in [-0.39, 0.29) is 12.3 Å². The third kappa shape index (κ3) is 31.4. The largest absolute Gasteiger partial charge is 0.480 e. The Hall–Kier alpha value is -1.85. The van der Waals surface area contributed by atoms with Gasteiger partial charge in [-0.1, -0.05) is 6.92 Å². The van der Waals surface area contributed by atoms with Crippen LogP contribution in [-0.2, 0) is 24.0 Å². The molecule has 0 unspecified atom stereocenters. The molecule has 0 amide bonds. The van der Waals surface area contributed by atoms with Crippen molar-refractivity contribution in [3.8, 4) is 0 Å². The molecule has 0 saturated carbocycles. The molecule has 0 aliphatic heterocycles. The SMILES string of the molecule is CCNCCN[C@@H](C)C(=O)O.O=C=O.O=C=O. The van der Waals surface area contributed by atoms with E-state index in [1.165, 1.54) is 0 Å². The Morgan fingerprint density at radius 3 is 1.88 bits per heavy atom. The topological polar surface area (TPSA) is 130 Å². The second-order valence-electron chi connectivity index (χ2n) is 2.53. The summed E-state index contributed by atoms with van der Waals surface area (Å²) in [6.45, 7) is 6.08. The summed E-state index contributed by atoms with van der Waals surface area (Å²) in [7, 11) is 0. The van der Waals surface area contributed by atoms with Crippen LogP contribution < -0.4 is 10.6 Å². The predicted octanol–water partition coefficient (Wildman–Crippen LogP) is -1.51. The van der Waals surface area contributed by atoms with Crippen LogP contribution in [0.1, 0.15) is 13.8 Å². The minimum absolute atomic E-state index is 0.250. The summed E-state index contributed by atoms with van der Waals surface area (Å²) >= 11 is 0. The highest BCUT2D eigenvalue weighted by Crippen LogP contribution is 1.78. The van der Waals surface area contributed by atoms with Gasteiger partial charge in [-0.15, -0.1) is 0 Å². The molecular weight excluding hydrogens is 232 g/mol. The quantitative estimate of drug-likeness (QED) is 0.484. The van der Waals surface area contributed by atoms with Crippen molar-refractivity contribution in [1.29, 1.82) is 0 Å². The first-order valence-corrected chi connectivity index (χ1v) is 4.67.